The normalized spacial score (nSPS) is 4.50. The standard InChI is InChI=1S/2ClH.F.Pb/h2*1H;;/q;;;+2/p-2. The predicted molar refractivity (Wildman–Crippen MR) is 18.6 cm³/mol. The van der Waals surface area contributed by atoms with Gasteiger partial charge in [-0.15, -0.1) is 0 Å². The molecule has 0 amide bonds. The second kappa shape index (κ2) is 8.83. The molecular formula is Cl2FPb. The molecule has 3 radical (unpaired) electrons. The minimum Gasteiger partial charge on any atom is 0 e. The number of rotatable bonds is 0. The van der Waals surface area contributed by atoms with E-state index in [2.05, 4.69) is 0 Å². The van der Waals surface area contributed by atoms with E-state index in [9.17, 15) is 0 Å². The Morgan fingerprint density at radius 3 is 1.25 bits per heavy atom. The summed E-state index contributed by atoms with van der Waals surface area (Å²) in [6, 6.07) is 0. The summed E-state index contributed by atoms with van der Waals surface area (Å²) in [5.41, 5.74) is 0. The molecule has 0 N–H and O–H groups in total. The van der Waals surface area contributed by atoms with Crippen LogP contribution in [0, 0.1) is 0 Å². The van der Waals surface area contributed by atoms with Crippen LogP contribution in [0.2, 0.25) is 0 Å². The first-order chi connectivity index (χ1) is 1.41. The van der Waals surface area contributed by atoms with Gasteiger partial charge >= 0.3 is 38.4 Å². The van der Waals surface area contributed by atoms with Crippen LogP contribution in [0.4, 0.5) is 4.70 Å². The number of hydrogen-bond acceptors (Lipinski definition) is 0. The van der Waals surface area contributed by atoms with Crippen LogP contribution in [0.3, 0.4) is 0 Å². The summed E-state index contributed by atoms with van der Waals surface area (Å²) < 4.78 is 0. The first-order valence-electron chi connectivity index (χ1n) is 0.378. The zero-order valence-corrected chi connectivity index (χ0v) is 7.03. The fourth-order valence-corrected chi connectivity index (χ4v) is 0. The molecule has 0 nitrogen and oxygen atoms in total. The van der Waals surface area contributed by atoms with Crippen LogP contribution in [0.15, 0.2) is 0 Å². The second-order valence-corrected chi connectivity index (χ2v) is 5.64. The van der Waals surface area contributed by atoms with Gasteiger partial charge in [0.25, 0.3) is 0 Å². The fourth-order valence-electron chi connectivity index (χ4n) is 0. The summed E-state index contributed by atoms with van der Waals surface area (Å²) in [6.45, 7) is 0. The van der Waals surface area contributed by atoms with E-state index in [1.54, 1.807) is 0 Å². The first-order valence-corrected chi connectivity index (χ1v) is 9.95. The average Bonchev–Trinajstić information content (AvgIpc) is 0.918. The maximum atomic E-state index is 4.96. The van der Waals surface area contributed by atoms with Crippen molar-refractivity contribution in [2.75, 3.05) is 0 Å². The van der Waals surface area contributed by atoms with Crippen molar-refractivity contribution in [3.63, 3.8) is 0 Å². The van der Waals surface area contributed by atoms with Crippen LogP contribution in [0.1, 0.15) is 0 Å². The topological polar surface area (TPSA) is 0 Å². The zero-order valence-electron chi connectivity index (χ0n) is 1.63. The summed E-state index contributed by atoms with van der Waals surface area (Å²) in [7, 11) is 9.92. The second-order valence-electron chi connectivity index (χ2n) is 0.0714. The van der Waals surface area contributed by atoms with E-state index in [-0.39, 0.29) is 4.70 Å². The minimum absolute atomic E-state index is 0. The van der Waals surface area contributed by atoms with Gasteiger partial charge in [0.2, 0.25) is 0 Å². The summed E-state index contributed by atoms with van der Waals surface area (Å²) >= 11 is -0.972. The number of halogens is 3. The van der Waals surface area contributed by atoms with E-state index < -0.39 is 21.8 Å². The van der Waals surface area contributed by atoms with Gasteiger partial charge in [-0.25, -0.2) is 0 Å². The molecule has 0 bridgehead atoms. The summed E-state index contributed by atoms with van der Waals surface area (Å²) in [5.74, 6) is 0. The molecule has 0 heterocycles. The van der Waals surface area contributed by atoms with Gasteiger partial charge in [-0.3, -0.25) is 0 Å². The van der Waals surface area contributed by atoms with Crippen molar-refractivity contribution < 1.29 is 4.70 Å². The summed E-state index contributed by atoms with van der Waals surface area (Å²) in [5, 5.41) is 0. The first kappa shape index (κ1) is 9.06. The van der Waals surface area contributed by atoms with Crippen molar-refractivity contribution in [1.82, 2.24) is 0 Å². The Balaban J connectivity index is 0. The van der Waals surface area contributed by atoms with Crippen molar-refractivity contribution in [2.24, 2.45) is 0 Å². The van der Waals surface area contributed by atoms with Gasteiger partial charge in [0, 0.05) is 4.70 Å². The third kappa shape index (κ3) is 9.90. The molecule has 0 saturated heterocycles. The molecule has 0 aliphatic rings. The van der Waals surface area contributed by atoms with E-state index >= 15 is 0 Å². The minimum atomic E-state index is -0.972. The van der Waals surface area contributed by atoms with Crippen molar-refractivity contribution >= 4 is 38.4 Å². The van der Waals surface area contributed by atoms with Crippen molar-refractivity contribution in [2.45, 2.75) is 0 Å². The van der Waals surface area contributed by atoms with Crippen LogP contribution in [0.5, 0.6) is 0 Å². The zero-order chi connectivity index (χ0) is 2.71. The Morgan fingerprint density at radius 1 is 1.25 bits per heavy atom. The molecule has 4 heteroatoms. The molecule has 0 aromatic heterocycles. The Morgan fingerprint density at radius 2 is 1.25 bits per heavy atom. The van der Waals surface area contributed by atoms with Gasteiger partial charge in [0.05, 0.1) is 0 Å². The van der Waals surface area contributed by atoms with Crippen LogP contribution >= 0.6 is 16.6 Å². The molecule has 4 heavy (non-hydrogen) atoms. The quantitative estimate of drug-likeness (QED) is 0.593. The Labute approximate surface area is 43.0 Å². The average molecular weight is 297 g/mol. The van der Waals surface area contributed by atoms with Crippen LogP contribution < -0.4 is 0 Å². The van der Waals surface area contributed by atoms with Crippen LogP contribution in [0.25, 0.3) is 0 Å². The van der Waals surface area contributed by atoms with E-state index in [4.69, 9.17) is 16.6 Å². The molecule has 0 atom stereocenters. The molecule has 0 rings (SSSR count). The maximum absolute atomic E-state index is 4.96. The van der Waals surface area contributed by atoms with E-state index in [0.717, 1.165) is 0 Å². The van der Waals surface area contributed by atoms with Crippen molar-refractivity contribution in [3.05, 3.63) is 0 Å². The van der Waals surface area contributed by atoms with E-state index in [1.807, 2.05) is 0 Å². The Hall–Kier alpha value is 1.43. The SMILES string of the molecule is [Cl][Pb][Cl].[F]. The van der Waals surface area contributed by atoms with Crippen LogP contribution in [-0.4, -0.2) is 21.8 Å². The molecular weight excluding hydrogens is 297 g/mol. The summed E-state index contributed by atoms with van der Waals surface area (Å²) in [6.07, 6.45) is 0. The smallest absolute Gasteiger partial charge is 0 e. The van der Waals surface area contributed by atoms with Gasteiger partial charge in [-0.1, -0.05) is 0 Å². The van der Waals surface area contributed by atoms with E-state index in [1.165, 1.54) is 0 Å². The molecule has 0 aromatic rings. The molecule has 0 spiro atoms. The number of hydrogen-bond donors (Lipinski definition) is 0. The van der Waals surface area contributed by atoms with Gasteiger partial charge in [-0.05, 0) is 0 Å². The van der Waals surface area contributed by atoms with Crippen molar-refractivity contribution in [3.8, 4) is 0 Å². The van der Waals surface area contributed by atoms with Gasteiger partial charge in [-0.2, -0.15) is 0 Å². The van der Waals surface area contributed by atoms with E-state index in [0.29, 0.717) is 0 Å². The Kier molecular flexibility index (Phi) is 20.0. The molecule has 0 aromatic carbocycles. The van der Waals surface area contributed by atoms with Crippen LogP contribution in [-0.2, 0) is 0 Å². The summed E-state index contributed by atoms with van der Waals surface area (Å²) in [4.78, 5) is 0. The Bertz CT molecular complexity index is 6.00. The third-order valence-corrected chi connectivity index (χ3v) is 0. The molecule has 0 saturated carbocycles. The molecule has 25 valence electrons. The van der Waals surface area contributed by atoms with Crippen molar-refractivity contribution in [1.29, 1.82) is 0 Å². The molecule has 0 unspecified atom stereocenters. The van der Waals surface area contributed by atoms with Gasteiger partial charge in [0.1, 0.15) is 0 Å². The molecule has 0 fully saturated rings. The molecule has 0 aliphatic carbocycles. The van der Waals surface area contributed by atoms with Gasteiger partial charge < -0.3 is 0 Å². The fraction of sp³-hybridized carbons (Fsp3) is 0. The molecule has 0 aliphatic heterocycles. The maximum Gasteiger partial charge on any atom is 0 e. The third-order valence-electron chi connectivity index (χ3n) is 0. The largest absolute Gasteiger partial charge is 0 e. The predicted octanol–water partition coefficient (Wildman–Crippen LogP) is 1.42. The monoisotopic (exact) mass is 297 g/mol. The van der Waals surface area contributed by atoms with Gasteiger partial charge in [0.15, 0.2) is 0 Å².